The van der Waals surface area contributed by atoms with Crippen LogP contribution in [0.4, 0.5) is 0 Å². The molecule has 2 aromatic carbocycles. The highest BCUT2D eigenvalue weighted by atomic mass is 16.6. The van der Waals surface area contributed by atoms with Crippen LogP contribution in [0.25, 0.3) is 6.08 Å². The van der Waals surface area contributed by atoms with Crippen LogP contribution < -0.4 is 14.8 Å². The first-order chi connectivity index (χ1) is 19.2. The van der Waals surface area contributed by atoms with Crippen LogP contribution in [-0.2, 0) is 24.5 Å². The zero-order valence-corrected chi connectivity index (χ0v) is 23.5. The molecule has 0 spiro atoms. The second-order valence-corrected chi connectivity index (χ2v) is 10.6. The van der Waals surface area contributed by atoms with Crippen LogP contribution >= 0.6 is 0 Å². The number of fused-ring (bicyclic) bond motifs is 1. The van der Waals surface area contributed by atoms with Gasteiger partial charge in [-0.3, -0.25) is 19.3 Å². The van der Waals surface area contributed by atoms with Gasteiger partial charge in [-0.2, -0.15) is 0 Å². The van der Waals surface area contributed by atoms with Crippen molar-refractivity contribution in [2.45, 2.75) is 56.6 Å². The molecule has 4 rings (SSSR count). The number of ether oxygens (including phenoxy) is 3. The van der Waals surface area contributed by atoms with Gasteiger partial charge in [0.25, 0.3) is 0 Å². The molecular formula is C32H38N2O6. The van der Waals surface area contributed by atoms with Crippen LogP contribution in [0.1, 0.15) is 50.7 Å². The number of nitrogens with one attached hydrogen (secondary N) is 1. The predicted octanol–water partition coefficient (Wildman–Crippen LogP) is 4.43. The molecule has 1 saturated heterocycles. The Morgan fingerprint density at radius 2 is 1.85 bits per heavy atom. The highest BCUT2D eigenvalue weighted by Gasteiger charge is 2.60. The number of piperidine rings is 1. The average Bonchev–Trinajstić information content (AvgIpc) is 2.92. The number of hydrogen-bond acceptors (Lipinski definition) is 7. The van der Waals surface area contributed by atoms with E-state index in [2.05, 4.69) is 16.8 Å². The molecule has 40 heavy (non-hydrogen) atoms. The SMILES string of the molecule is C=CCN1CCC2(c3cccc(OC(C)=O)c3)CC(NC(=O)C=Cc3cccc(OC)c3)CCC2(OC(C)=O)C1. The van der Waals surface area contributed by atoms with E-state index in [1.807, 2.05) is 48.5 Å². The largest absolute Gasteiger partial charge is 0.497 e. The van der Waals surface area contributed by atoms with Gasteiger partial charge in [-0.15, -0.1) is 6.58 Å². The molecule has 2 aromatic rings. The van der Waals surface area contributed by atoms with Gasteiger partial charge in [-0.1, -0.05) is 30.3 Å². The van der Waals surface area contributed by atoms with Gasteiger partial charge in [-0.25, -0.2) is 0 Å². The minimum Gasteiger partial charge on any atom is -0.497 e. The lowest BCUT2D eigenvalue weighted by molar-refractivity contribution is -0.186. The van der Waals surface area contributed by atoms with Crippen LogP contribution in [0, 0.1) is 0 Å². The summed E-state index contributed by atoms with van der Waals surface area (Å²) in [7, 11) is 1.61. The number of benzene rings is 2. The summed E-state index contributed by atoms with van der Waals surface area (Å²) >= 11 is 0. The maximum absolute atomic E-state index is 13.0. The van der Waals surface area contributed by atoms with E-state index in [-0.39, 0.29) is 17.9 Å². The summed E-state index contributed by atoms with van der Waals surface area (Å²) in [5, 5.41) is 3.19. The maximum atomic E-state index is 13.0. The van der Waals surface area contributed by atoms with Gasteiger partial charge in [0.1, 0.15) is 17.1 Å². The number of nitrogens with zero attached hydrogens (tertiary/aromatic N) is 1. The molecule has 1 aliphatic heterocycles. The van der Waals surface area contributed by atoms with E-state index in [0.717, 1.165) is 23.4 Å². The molecule has 212 valence electrons. The van der Waals surface area contributed by atoms with Crippen molar-refractivity contribution in [2.75, 3.05) is 26.7 Å². The molecule has 0 bridgehead atoms. The standard InChI is InChI=1S/C32H38N2O6/c1-5-17-34-18-16-31(26-9-7-11-29(20-26)39-23(2)35)21-27(14-15-32(31,22-34)40-24(3)36)33-30(37)13-12-25-8-6-10-28(19-25)38-4/h5-13,19-20,27H,1,14-18,21-22H2,2-4H3,(H,33,37). The molecular weight excluding hydrogens is 508 g/mol. The van der Waals surface area contributed by atoms with E-state index in [1.165, 1.54) is 19.9 Å². The van der Waals surface area contributed by atoms with Crippen LogP contribution in [0.2, 0.25) is 0 Å². The lowest BCUT2D eigenvalue weighted by atomic mass is 9.55. The highest BCUT2D eigenvalue weighted by molar-refractivity contribution is 5.92. The van der Waals surface area contributed by atoms with Gasteiger partial charge in [0.2, 0.25) is 5.91 Å². The Bertz CT molecular complexity index is 1290. The fourth-order valence-corrected chi connectivity index (χ4v) is 6.34. The fourth-order valence-electron chi connectivity index (χ4n) is 6.34. The van der Waals surface area contributed by atoms with Crippen molar-refractivity contribution in [3.05, 3.63) is 78.4 Å². The Kier molecular flexibility index (Phi) is 9.10. The number of hydrogen-bond donors (Lipinski definition) is 1. The van der Waals surface area contributed by atoms with Crippen molar-refractivity contribution in [2.24, 2.45) is 0 Å². The van der Waals surface area contributed by atoms with Crippen molar-refractivity contribution in [1.82, 2.24) is 10.2 Å². The lowest BCUT2D eigenvalue weighted by Crippen LogP contribution is -2.68. The normalized spacial score (nSPS) is 24.5. The van der Waals surface area contributed by atoms with Crippen molar-refractivity contribution in [3.8, 4) is 11.5 Å². The number of esters is 2. The van der Waals surface area contributed by atoms with E-state index in [4.69, 9.17) is 14.2 Å². The van der Waals surface area contributed by atoms with Gasteiger partial charge >= 0.3 is 11.9 Å². The van der Waals surface area contributed by atoms with E-state index in [9.17, 15) is 14.4 Å². The first-order valence-electron chi connectivity index (χ1n) is 13.6. The Morgan fingerprint density at radius 3 is 2.58 bits per heavy atom. The molecule has 2 fully saturated rings. The summed E-state index contributed by atoms with van der Waals surface area (Å²) in [6, 6.07) is 14.8. The molecule has 3 unspecified atom stereocenters. The van der Waals surface area contributed by atoms with E-state index < -0.39 is 17.0 Å². The lowest BCUT2D eigenvalue weighted by Gasteiger charge is -2.59. The van der Waals surface area contributed by atoms with E-state index in [0.29, 0.717) is 44.5 Å². The smallest absolute Gasteiger partial charge is 0.308 e. The monoisotopic (exact) mass is 546 g/mol. The van der Waals surface area contributed by atoms with Crippen LogP contribution in [0.5, 0.6) is 11.5 Å². The number of methoxy groups -OCH3 is 1. The number of rotatable bonds is 9. The third-order valence-electron chi connectivity index (χ3n) is 7.94. The molecule has 8 nitrogen and oxygen atoms in total. The van der Waals surface area contributed by atoms with Crippen LogP contribution in [-0.4, -0.2) is 61.1 Å². The number of amides is 1. The molecule has 1 N–H and O–H groups in total. The van der Waals surface area contributed by atoms with Gasteiger partial charge in [-0.05, 0) is 73.7 Å². The van der Waals surface area contributed by atoms with Crippen LogP contribution in [0.15, 0.2) is 67.3 Å². The van der Waals surface area contributed by atoms with Crippen molar-refractivity contribution >= 4 is 23.9 Å². The quantitative estimate of drug-likeness (QED) is 0.215. The van der Waals surface area contributed by atoms with Crippen LogP contribution in [0.3, 0.4) is 0 Å². The molecule has 3 atom stereocenters. The Labute approximate surface area is 236 Å². The Morgan fingerprint density at radius 1 is 1.07 bits per heavy atom. The van der Waals surface area contributed by atoms with Gasteiger partial charge in [0.15, 0.2) is 0 Å². The van der Waals surface area contributed by atoms with Crippen molar-refractivity contribution in [3.63, 3.8) is 0 Å². The first-order valence-corrected chi connectivity index (χ1v) is 13.6. The summed E-state index contributed by atoms with van der Waals surface area (Å²) in [6.45, 7) is 8.70. The highest BCUT2D eigenvalue weighted by Crippen LogP contribution is 2.54. The number of carbonyl (C=O) groups excluding carboxylic acids is 3. The van der Waals surface area contributed by atoms with Gasteiger partial charge in [0, 0.05) is 44.5 Å². The molecule has 1 aliphatic carbocycles. The Balaban J connectivity index is 1.66. The summed E-state index contributed by atoms with van der Waals surface area (Å²) in [5.74, 6) is 0.220. The molecule has 1 amide bonds. The molecule has 8 heteroatoms. The summed E-state index contributed by atoms with van der Waals surface area (Å²) in [5.41, 5.74) is 0.378. The molecule has 1 saturated carbocycles. The van der Waals surface area contributed by atoms with Gasteiger partial charge < -0.3 is 19.5 Å². The fraction of sp³-hybridized carbons (Fsp3) is 0.406. The third-order valence-corrected chi connectivity index (χ3v) is 7.94. The van der Waals surface area contributed by atoms with Gasteiger partial charge in [0.05, 0.1) is 7.11 Å². The second-order valence-electron chi connectivity index (χ2n) is 10.6. The minimum atomic E-state index is -0.813. The zero-order valence-electron chi connectivity index (χ0n) is 23.5. The second kappa shape index (κ2) is 12.5. The molecule has 0 radical (unpaired) electrons. The molecule has 0 aromatic heterocycles. The third kappa shape index (κ3) is 6.45. The summed E-state index contributed by atoms with van der Waals surface area (Å²) in [4.78, 5) is 39.5. The zero-order chi connectivity index (χ0) is 28.8. The number of carbonyl (C=O) groups is 3. The topological polar surface area (TPSA) is 94.2 Å². The summed E-state index contributed by atoms with van der Waals surface area (Å²) < 4.78 is 16.9. The summed E-state index contributed by atoms with van der Waals surface area (Å²) in [6.07, 6.45) is 7.64. The van der Waals surface area contributed by atoms with Crippen molar-refractivity contribution < 1.29 is 28.6 Å². The van der Waals surface area contributed by atoms with E-state index >= 15 is 0 Å². The molecule has 2 aliphatic rings. The maximum Gasteiger partial charge on any atom is 0.308 e. The predicted molar refractivity (Wildman–Crippen MR) is 153 cm³/mol. The Hall–Kier alpha value is -3.91. The van der Waals surface area contributed by atoms with Crippen molar-refractivity contribution in [1.29, 1.82) is 0 Å². The van der Waals surface area contributed by atoms with E-state index in [1.54, 1.807) is 19.3 Å². The minimum absolute atomic E-state index is 0.144. The molecule has 1 heterocycles. The average molecular weight is 547 g/mol. The first kappa shape index (κ1) is 29.1. The number of likely N-dealkylation sites (tertiary alicyclic amines) is 1.